The van der Waals surface area contributed by atoms with Crippen LogP contribution >= 0.6 is 0 Å². The van der Waals surface area contributed by atoms with Crippen molar-refractivity contribution in [3.8, 4) is 0 Å². The Morgan fingerprint density at radius 1 is 1.39 bits per heavy atom. The van der Waals surface area contributed by atoms with Crippen molar-refractivity contribution in [2.45, 2.75) is 52.4 Å². The Balaban J connectivity index is 2.90. The third kappa shape index (κ3) is 3.31. The van der Waals surface area contributed by atoms with Crippen molar-refractivity contribution in [3.05, 3.63) is 36.4 Å². The molecular formula is C15H23FN2. The van der Waals surface area contributed by atoms with Crippen LogP contribution in [0.25, 0.3) is 5.70 Å². The smallest absolute Gasteiger partial charge is 0.0931 e. The molecule has 1 aromatic rings. The van der Waals surface area contributed by atoms with Crippen molar-refractivity contribution >= 4 is 5.70 Å². The average Bonchev–Trinajstić information content (AvgIpc) is 2.69. The quantitative estimate of drug-likeness (QED) is 0.720. The molecule has 0 unspecified atom stereocenters. The standard InChI is InChI=1S/C15H23FN2/c1-7-15(5,6)14-11(2)10-18(17-14)13(4)9-8-12(3)16/h10H,3-4,7-9H2,1-2,5-6H3. The van der Waals surface area contributed by atoms with E-state index >= 15 is 0 Å². The number of hydrogen-bond donors (Lipinski definition) is 0. The third-order valence-electron chi connectivity index (χ3n) is 3.43. The largest absolute Gasteiger partial charge is 0.245 e. The van der Waals surface area contributed by atoms with Gasteiger partial charge in [-0.3, -0.25) is 0 Å². The molecule has 0 radical (unpaired) electrons. The topological polar surface area (TPSA) is 17.8 Å². The highest BCUT2D eigenvalue weighted by Crippen LogP contribution is 2.28. The monoisotopic (exact) mass is 250 g/mol. The summed E-state index contributed by atoms with van der Waals surface area (Å²) in [5.74, 6) is -0.311. The van der Waals surface area contributed by atoms with Crippen molar-refractivity contribution in [1.82, 2.24) is 9.78 Å². The summed E-state index contributed by atoms with van der Waals surface area (Å²) in [7, 11) is 0. The van der Waals surface area contributed by atoms with Gasteiger partial charge in [-0.25, -0.2) is 9.07 Å². The van der Waals surface area contributed by atoms with E-state index < -0.39 is 0 Å². The summed E-state index contributed by atoms with van der Waals surface area (Å²) in [6, 6.07) is 0. The summed E-state index contributed by atoms with van der Waals surface area (Å²) in [6.45, 7) is 15.8. The number of nitrogens with zero attached hydrogens (tertiary/aromatic N) is 2. The molecule has 0 spiro atoms. The Morgan fingerprint density at radius 2 is 2.00 bits per heavy atom. The van der Waals surface area contributed by atoms with E-state index in [0.29, 0.717) is 12.8 Å². The van der Waals surface area contributed by atoms with Gasteiger partial charge in [0.25, 0.3) is 0 Å². The van der Waals surface area contributed by atoms with Crippen molar-refractivity contribution in [1.29, 1.82) is 0 Å². The predicted molar refractivity (Wildman–Crippen MR) is 75.1 cm³/mol. The molecule has 0 atom stereocenters. The van der Waals surface area contributed by atoms with E-state index in [1.54, 1.807) is 4.68 Å². The van der Waals surface area contributed by atoms with Gasteiger partial charge < -0.3 is 0 Å². The van der Waals surface area contributed by atoms with E-state index in [0.717, 1.165) is 23.4 Å². The molecule has 3 heteroatoms. The van der Waals surface area contributed by atoms with E-state index in [1.807, 2.05) is 6.20 Å². The highest BCUT2D eigenvalue weighted by Gasteiger charge is 2.24. The van der Waals surface area contributed by atoms with Crippen LogP contribution in [0.1, 0.15) is 51.3 Å². The van der Waals surface area contributed by atoms with E-state index in [1.165, 1.54) is 0 Å². The van der Waals surface area contributed by atoms with Gasteiger partial charge in [0, 0.05) is 23.7 Å². The van der Waals surface area contributed by atoms with Gasteiger partial charge in [0.2, 0.25) is 0 Å². The molecule has 1 heterocycles. The Hall–Kier alpha value is -1.38. The maximum Gasteiger partial charge on any atom is 0.0931 e. The molecule has 0 fully saturated rings. The normalized spacial score (nSPS) is 11.6. The number of halogens is 1. The van der Waals surface area contributed by atoms with Gasteiger partial charge in [-0.1, -0.05) is 33.9 Å². The first kappa shape index (κ1) is 14.7. The van der Waals surface area contributed by atoms with Crippen LogP contribution in [0.4, 0.5) is 4.39 Å². The summed E-state index contributed by atoms with van der Waals surface area (Å²) in [5.41, 5.74) is 3.10. The number of rotatable bonds is 6. The zero-order valence-corrected chi connectivity index (χ0v) is 11.9. The average molecular weight is 250 g/mol. The van der Waals surface area contributed by atoms with Gasteiger partial charge in [0.15, 0.2) is 0 Å². The van der Waals surface area contributed by atoms with Crippen molar-refractivity contribution < 1.29 is 4.39 Å². The van der Waals surface area contributed by atoms with E-state index in [2.05, 4.69) is 46.0 Å². The van der Waals surface area contributed by atoms with E-state index in [9.17, 15) is 4.39 Å². The second-order valence-electron chi connectivity index (χ2n) is 5.43. The van der Waals surface area contributed by atoms with E-state index in [-0.39, 0.29) is 11.2 Å². The highest BCUT2D eigenvalue weighted by atomic mass is 19.1. The lowest BCUT2D eigenvalue weighted by atomic mass is 9.85. The Kier molecular flexibility index (Phi) is 4.49. The molecular weight excluding hydrogens is 227 g/mol. The number of aryl methyl sites for hydroxylation is 1. The second kappa shape index (κ2) is 5.51. The van der Waals surface area contributed by atoms with Gasteiger partial charge in [-0.05, 0) is 25.3 Å². The summed E-state index contributed by atoms with van der Waals surface area (Å²) in [5, 5.41) is 4.60. The number of aromatic nitrogens is 2. The first-order valence-corrected chi connectivity index (χ1v) is 6.36. The van der Waals surface area contributed by atoms with Gasteiger partial charge in [0.1, 0.15) is 0 Å². The van der Waals surface area contributed by atoms with Crippen LogP contribution < -0.4 is 0 Å². The Morgan fingerprint density at radius 3 is 2.50 bits per heavy atom. The molecule has 0 amide bonds. The molecule has 0 saturated heterocycles. The van der Waals surface area contributed by atoms with Crippen LogP contribution in [0, 0.1) is 6.92 Å². The van der Waals surface area contributed by atoms with Crippen LogP contribution in [-0.4, -0.2) is 9.78 Å². The summed E-state index contributed by atoms with van der Waals surface area (Å²) in [4.78, 5) is 0. The maximum atomic E-state index is 12.6. The van der Waals surface area contributed by atoms with Crippen LogP contribution in [0.15, 0.2) is 25.2 Å². The molecule has 0 bridgehead atoms. The van der Waals surface area contributed by atoms with Crippen molar-refractivity contribution in [2.24, 2.45) is 0 Å². The lowest BCUT2D eigenvalue weighted by molar-refractivity contribution is 0.483. The molecule has 0 aliphatic carbocycles. The van der Waals surface area contributed by atoms with Gasteiger partial charge in [0.05, 0.1) is 11.5 Å². The van der Waals surface area contributed by atoms with Crippen LogP contribution in [0.3, 0.4) is 0 Å². The van der Waals surface area contributed by atoms with E-state index in [4.69, 9.17) is 0 Å². The highest BCUT2D eigenvalue weighted by molar-refractivity contribution is 5.42. The predicted octanol–water partition coefficient (Wildman–Crippen LogP) is 4.61. The van der Waals surface area contributed by atoms with Crippen molar-refractivity contribution in [3.63, 3.8) is 0 Å². The summed E-state index contributed by atoms with van der Waals surface area (Å²) >= 11 is 0. The molecule has 2 nitrogen and oxygen atoms in total. The lowest BCUT2D eigenvalue weighted by Gasteiger charge is -2.20. The molecule has 0 aliphatic rings. The minimum atomic E-state index is -0.311. The zero-order chi connectivity index (χ0) is 13.9. The fraction of sp³-hybridized carbons (Fsp3) is 0.533. The second-order valence-corrected chi connectivity index (χ2v) is 5.43. The molecule has 1 aromatic heterocycles. The molecule has 0 saturated carbocycles. The van der Waals surface area contributed by atoms with Gasteiger partial charge in [-0.15, -0.1) is 0 Å². The minimum Gasteiger partial charge on any atom is -0.245 e. The van der Waals surface area contributed by atoms with Gasteiger partial charge in [-0.2, -0.15) is 5.10 Å². The number of allylic oxidation sites excluding steroid dienone is 2. The van der Waals surface area contributed by atoms with Crippen LogP contribution in [0.2, 0.25) is 0 Å². The Bertz CT molecular complexity index is 455. The fourth-order valence-electron chi connectivity index (χ4n) is 1.85. The summed E-state index contributed by atoms with van der Waals surface area (Å²) < 4.78 is 14.4. The molecule has 0 aliphatic heterocycles. The van der Waals surface area contributed by atoms with Crippen LogP contribution in [0.5, 0.6) is 0 Å². The molecule has 1 rings (SSSR count). The molecule has 18 heavy (non-hydrogen) atoms. The Labute approximate surface area is 109 Å². The lowest BCUT2D eigenvalue weighted by Crippen LogP contribution is -2.18. The summed E-state index contributed by atoms with van der Waals surface area (Å²) in [6.07, 6.45) is 3.85. The number of hydrogen-bond acceptors (Lipinski definition) is 1. The van der Waals surface area contributed by atoms with Crippen LogP contribution in [-0.2, 0) is 5.41 Å². The third-order valence-corrected chi connectivity index (χ3v) is 3.43. The fourth-order valence-corrected chi connectivity index (χ4v) is 1.85. The maximum absolute atomic E-state index is 12.6. The molecule has 0 N–H and O–H groups in total. The first-order chi connectivity index (χ1) is 8.27. The molecule has 100 valence electrons. The first-order valence-electron chi connectivity index (χ1n) is 6.36. The van der Waals surface area contributed by atoms with Crippen molar-refractivity contribution in [2.75, 3.05) is 0 Å². The zero-order valence-electron chi connectivity index (χ0n) is 11.9. The SMILES string of the molecule is C=C(F)CCC(=C)n1cc(C)c(C(C)(C)CC)n1. The molecule has 0 aromatic carbocycles. The van der Waals surface area contributed by atoms with Gasteiger partial charge >= 0.3 is 0 Å². The minimum absolute atomic E-state index is 0.0549.